The van der Waals surface area contributed by atoms with Crippen LogP contribution in [0.25, 0.3) is 0 Å². The molecule has 4 nitrogen and oxygen atoms in total. The first-order valence-electron chi connectivity index (χ1n) is 7.44. The first-order chi connectivity index (χ1) is 10.7. The number of rotatable bonds is 5. The van der Waals surface area contributed by atoms with Crippen LogP contribution in [0.5, 0.6) is 0 Å². The zero-order chi connectivity index (χ0) is 15.5. The molecule has 0 amide bonds. The molecule has 0 spiro atoms. The molecule has 0 saturated heterocycles. The zero-order valence-corrected chi connectivity index (χ0v) is 12.2. The molecule has 0 heterocycles. The second kappa shape index (κ2) is 6.20. The number of hydrogen-bond acceptors (Lipinski definition) is 4. The van der Waals surface area contributed by atoms with Gasteiger partial charge in [0.1, 0.15) is 6.61 Å². The number of carbonyl (C=O) groups is 1. The van der Waals surface area contributed by atoms with Crippen LogP contribution in [0.15, 0.2) is 48.5 Å². The second-order valence-corrected chi connectivity index (χ2v) is 5.66. The van der Waals surface area contributed by atoms with E-state index in [-0.39, 0.29) is 18.1 Å². The summed E-state index contributed by atoms with van der Waals surface area (Å²) in [6, 6.07) is 14.6. The molecule has 1 atom stereocenters. The van der Waals surface area contributed by atoms with Gasteiger partial charge in [0, 0.05) is 5.69 Å². The maximum atomic E-state index is 12.4. The summed E-state index contributed by atoms with van der Waals surface area (Å²) in [5, 5.41) is 10.3. The maximum absolute atomic E-state index is 12.4. The van der Waals surface area contributed by atoms with Gasteiger partial charge in [0.05, 0.1) is 11.7 Å². The largest absolute Gasteiger partial charge is 0.457 e. The predicted octanol–water partition coefficient (Wildman–Crippen LogP) is 3.07. The van der Waals surface area contributed by atoms with E-state index < -0.39 is 12.1 Å². The summed E-state index contributed by atoms with van der Waals surface area (Å²) in [6.45, 7) is 0.187. The highest BCUT2D eigenvalue weighted by Gasteiger charge is 2.33. The van der Waals surface area contributed by atoms with Gasteiger partial charge in [0.2, 0.25) is 0 Å². The Hall–Kier alpha value is -2.33. The Balaban J connectivity index is 1.79. The van der Waals surface area contributed by atoms with Gasteiger partial charge in [-0.15, -0.1) is 0 Å². The van der Waals surface area contributed by atoms with E-state index in [4.69, 9.17) is 10.5 Å². The van der Waals surface area contributed by atoms with E-state index in [1.54, 1.807) is 18.2 Å². The number of nitrogens with two attached hydrogens (primary N) is 1. The summed E-state index contributed by atoms with van der Waals surface area (Å²) in [4.78, 5) is 12.4. The molecule has 1 fully saturated rings. The Morgan fingerprint density at radius 3 is 2.59 bits per heavy atom. The molecule has 22 heavy (non-hydrogen) atoms. The molecule has 3 N–H and O–H groups in total. The summed E-state index contributed by atoms with van der Waals surface area (Å²) >= 11 is 0. The SMILES string of the molecule is Nc1cccc(C(O)C2CC2)c1C(=O)OCc1ccccc1. The van der Waals surface area contributed by atoms with Crippen LogP contribution >= 0.6 is 0 Å². The number of anilines is 1. The summed E-state index contributed by atoms with van der Waals surface area (Å²) in [6.07, 6.45) is 1.31. The number of carbonyl (C=O) groups excluding carboxylic acids is 1. The molecule has 4 heteroatoms. The van der Waals surface area contributed by atoms with Crippen molar-refractivity contribution in [2.45, 2.75) is 25.6 Å². The first-order valence-corrected chi connectivity index (χ1v) is 7.44. The Kier molecular flexibility index (Phi) is 4.11. The highest BCUT2D eigenvalue weighted by molar-refractivity contribution is 5.96. The van der Waals surface area contributed by atoms with Gasteiger partial charge in [0.25, 0.3) is 0 Å². The van der Waals surface area contributed by atoms with Gasteiger partial charge in [0.15, 0.2) is 0 Å². The lowest BCUT2D eigenvalue weighted by molar-refractivity contribution is 0.0465. The highest BCUT2D eigenvalue weighted by atomic mass is 16.5. The Morgan fingerprint density at radius 1 is 1.18 bits per heavy atom. The van der Waals surface area contributed by atoms with E-state index in [0.29, 0.717) is 11.3 Å². The number of aliphatic hydroxyl groups is 1. The number of nitrogen functional groups attached to an aromatic ring is 1. The Bertz CT molecular complexity index is 665. The Morgan fingerprint density at radius 2 is 1.91 bits per heavy atom. The highest BCUT2D eigenvalue weighted by Crippen LogP contribution is 2.42. The molecular weight excluding hydrogens is 278 g/mol. The lowest BCUT2D eigenvalue weighted by Crippen LogP contribution is -2.14. The average Bonchev–Trinajstić information content (AvgIpc) is 3.37. The zero-order valence-electron chi connectivity index (χ0n) is 12.2. The maximum Gasteiger partial charge on any atom is 0.340 e. The number of esters is 1. The molecule has 0 aliphatic heterocycles. The van der Waals surface area contributed by atoms with Crippen molar-refractivity contribution < 1.29 is 14.6 Å². The van der Waals surface area contributed by atoms with Gasteiger partial charge >= 0.3 is 5.97 Å². The number of aliphatic hydroxyl groups excluding tert-OH is 1. The summed E-state index contributed by atoms with van der Waals surface area (Å²) in [7, 11) is 0. The lowest BCUT2D eigenvalue weighted by atomic mass is 9.98. The monoisotopic (exact) mass is 297 g/mol. The standard InChI is InChI=1S/C18H19NO3/c19-15-8-4-7-14(17(20)13-9-10-13)16(15)18(21)22-11-12-5-2-1-3-6-12/h1-8,13,17,20H,9-11,19H2. The van der Waals surface area contributed by atoms with Crippen LogP contribution in [0.2, 0.25) is 0 Å². The number of ether oxygens (including phenoxy) is 1. The summed E-state index contributed by atoms with van der Waals surface area (Å²) in [5.74, 6) is -0.265. The van der Waals surface area contributed by atoms with Crippen LogP contribution in [0.4, 0.5) is 5.69 Å². The van der Waals surface area contributed by atoms with Crippen molar-refractivity contribution in [3.63, 3.8) is 0 Å². The molecule has 1 aliphatic rings. The van der Waals surface area contributed by atoms with Crippen LogP contribution < -0.4 is 5.73 Å². The molecule has 1 aliphatic carbocycles. The molecule has 3 rings (SSSR count). The van der Waals surface area contributed by atoms with E-state index in [2.05, 4.69) is 0 Å². The van der Waals surface area contributed by atoms with Gasteiger partial charge in [-0.05, 0) is 36.0 Å². The fourth-order valence-corrected chi connectivity index (χ4v) is 2.53. The molecule has 0 bridgehead atoms. The lowest BCUT2D eigenvalue weighted by Gasteiger charge is -2.16. The fraction of sp³-hybridized carbons (Fsp3) is 0.278. The van der Waals surface area contributed by atoms with Crippen LogP contribution in [-0.2, 0) is 11.3 Å². The molecule has 1 saturated carbocycles. The van der Waals surface area contributed by atoms with Gasteiger partial charge < -0.3 is 15.6 Å². The van der Waals surface area contributed by atoms with Crippen LogP contribution in [-0.4, -0.2) is 11.1 Å². The number of benzene rings is 2. The first kappa shape index (κ1) is 14.6. The van der Waals surface area contributed by atoms with E-state index >= 15 is 0 Å². The van der Waals surface area contributed by atoms with Crippen molar-refractivity contribution >= 4 is 11.7 Å². The molecular formula is C18H19NO3. The molecule has 1 unspecified atom stereocenters. The van der Waals surface area contributed by atoms with Gasteiger partial charge in [-0.25, -0.2) is 4.79 Å². The van der Waals surface area contributed by atoms with Crippen LogP contribution in [0.3, 0.4) is 0 Å². The van der Waals surface area contributed by atoms with Crippen molar-refractivity contribution in [3.8, 4) is 0 Å². The van der Waals surface area contributed by atoms with E-state index in [1.807, 2.05) is 30.3 Å². The Labute approximate surface area is 129 Å². The second-order valence-electron chi connectivity index (χ2n) is 5.66. The van der Waals surface area contributed by atoms with Crippen molar-refractivity contribution in [2.24, 2.45) is 5.92 Å². The van der Waals surface area contributed by atoms with Crippen molar-refractivity contribution in [1.29, 1.82) is 0 Å². The summed E-state index contributed by atoms with van der Waals surface area (Å²) < 4.78 is 5.36. The molecule has 114 valence electrons. The third kappa shape index (κ3) is 3.12. The predicted molar refractivity (Wildman–Crippen MR) is 84.1 cm³/mol. The molecule has 0 aromatic heterocycles. The molecule has 0 radical (unpaired) electrons. The van der Waals surface area contributed by atoms with Crippen molar-refractivity contribution in [1.82, 2.24) is 0 Å². The minimum absolute atomic E-state index is 0.187. The fourth-order valence-electron chi connectivity index (χ4n) is 2.53. The number of hydrogen-bond donors (Lipinski definition) is 2. The third-order valence-corrected chi connectivity index (χ3v) is 3.93. The van der Waals surface area contributed by atoms with Gasteiger partial charge in [-0.1, -0.05) is 42.5 Å². The topological polar surface area (TPSA) is 72.5 Å². The average molecular weight is 297 g/mol. The van der Waals surface area contributed by atoms with Crippen LogP contribution in [0.1, 0.15) is 40.4 Å². The van der Waals surface area contributed by atoms with E-state index in [9.17, 15) is 9.90 Å². The van der Waals surface area contributed by atoms with Gasteiger partial charge in [-0.3, -0.25) is 0 Å². The quantitative estimate of drug-likeness (QED) is 0.657. The third-order valence-electron chi connectivity index (χ3n) is 3.93. The smallest absolute Gasteiger partial charge is 0.340 e. The van der Waals surface area contributed by atoms with Crippen molar-refractivity contribution in [3.05, 3.63) is 65.2 Å². The molecule has 2 aromatic carbocycles. The molecule has 2 aromatic rings. The summed E-state index contributed by atoms with van der Waals surface area (Å²) in [5.41, 5.74) is 8.05. The van der Waals surface area contributed by atoms with E-state index in [1.165, 1.54) is 0 Å². The van der Waals surface area contributed by atoms with Crippen molar-refractivity contribution in [2.75, 3.05) is 5.73 Å². The van der Waals surface area contributed by atoms with E-state index in [0.717, 1.165) is 18.4 Å². The minimum atomic E-state index is -0.650. The minimum Gasteiger partial charge on any atom is -0.457 e. The normalized spacial score (nSPS) is 15.3. The van der Waals surface area contributed by atoms with Crippen LogP contribution in [0, 0.1) is 5.92 Å². The van der Waals surface area contributed by atoms with Gasteiger partial charge in [-0.2, -0.15) is 0 Å².